The molecule has 0 saturated carbocycles. The Bertz CT molecular complexity index is 161. The molecule has 0 bridgehead atoms. The Morgan fingerprint density at radius 2 is 1.38 bits per heavy atom. The van der Waals surface area contributed by atoms with E-state index in [0.29, 0.717) is 0 Å². The van der Waals surface area contributed by atoms with Crippen molar-refractivity contribution < 1.29 is 0 Å². The van der Waals surface area contributed by atoms with Crippen molar-refractivity contribution in [2.75, 3.05) is 5.75 Å². The van der Waals surface area contributed by atoms with Gasteiger partial charge in [0.2, 0.25) is 0 Å². The van der Waals surface area contributed by atoms with Gasteiger partial charge in [-0.25, -0.2) is 0 Å². The molecule has 0 aliphatic rings. The Labute approximate surface area is 108 Å². The molecular formula is C15H30S. The van der Waals surface area contributed by atoms with Gasteiger partial charge >= 0.3 is 0 Å². The minimum atomic E-state index is 0.892. The summed E-state index contributed by atoms with van der Waals surface area (Å²) in [5, 5.41) is 0. The summed E-state index contributed by atoms with van der Waals surface area (Å²) >= 11 is 4.20. The van der Waals surface area contributed by atoms with E-state index in [4.69, 9.17) is 0 Å². The van der Waals surface area contributed by atoms with Crippen LogP contribution >= 0.6 is 12.6 Å². The molecule has 16 heavy (non-hydrogen) atoms. The van der Waals surface area contributed by atoms with Gasteiger partial charge in [0.05, 0.1) is 0 Å². The van der Waals surface area contributed by atoms with E-state index >= 15 is 0 Å². The van der Waals surface area contributed by atoms with Crippen molar-refractivity contribution >= 4 is 12.6 Å². The van der Waals surface area contributed by atoms with E-state index in [1.54, 1.807) is 0 Å². The van der Waals surface area contributed by atoms with E-state index < -0.39 is 0 Å². The van der Waals surface area contributed by atoms with Gasteiger partial charge in [-0.1, -0.05) is 69.9 Å². The summed E-state index contributed by atoms with van der Waals surface area (Å²) in [6.07, 6.45) is 16.3. The van der Waals surface area contributed by atoms with Gasteiger partial charge in [0.25, 0.3) is 0 Å². The second-order valence-electron chi connectivity index (χ2n) is 4.81. The third-order valence-corrected chi connectivity index (χ3v) is 3.30. The second kappa shape index (κ2) is 13.2. The fraction of sp³-hybridized carbons (Fsp3) is 0.867. The highest BCUT2D eigenvalue weighted by Crippen LogP contribution is 2.12. The first-order chi connectivity index (χ1) is 7.81. The van der Waals surface area contributed by atoms with Crippen molar-refractivity contribution in [3.05, 3.63) is 11.6 Å². The van der Waals surface area contributed by atoms with Crippen LogP contribution in [0.1, 0.15) is 78.1 Å². The van der Waals surface area contributed by atoms with E-state index in [2.05, 4.69) is 32.6 Å². The van der Waals surface area contributed by atoms with Gasteiger partial charge in [0.1, 0.15) is 0 Å². The molecule has 0 N–H and O–H groups in total. The third-order valence-electron chi connectivity index (χ3n) is 3.11. The fourth-order valence-electron chi connectivity index (χ4n) is 1.97. The maximum atomic E-state index is 4.20. The first kappa shape index (κ1) is 16.1. The van der Waals surface area contributed by atoms with Gasteiger partial charge in [-0.3, -0.25) is 0 Å². The Morgan fingerprint density at radius 3 is 1.88 bits per heavy atom. The Kier molecular flexibility index (Phi) is 13.2. The maximum Gasteiger partial charge on any atom is 0.00850 e. The molecule has 0 nitrogen and oxygen atoms in total. The lowest BCUT2D eigenvalue weighted by Crippen LogP contribution is -1.83. The molecule has 96 valence electrons. The molecule has 0 saturated heterocycles. The molecule has 0 atom stereocenters. The van der Waals surface area contributed by atoms with Crippen LogP contribution in [0.15, 0.2) is 11.6 Å². The van der Waals surface area contributed by atoms with Gasteiger partial charge < -0.3 is 0 Å². The normalized spacial score (nSPS) is 12.1. The standard InChI is InChI=1S/C15H30S/c1-3-4-5-6-7-8-9-10-11-12-15(2)13-14-16/h13,16H,3-12,14H2,1-2H3/b15-13+. The predicted octanol–water partition coefficient (Wildman–Crippen LogP) is 5.78. The molecule has 0 aromatic heterocycles. The third kappa shape index (κ3) is 12.2. The molecule has 0 amide bonds. The van der Waals surface area contributed by atoms with Crippen LogP contribution in [-0.4, -0.2) is 5.75 Å². The summed E-state index contributed by atoms with van der Waals surface area (Å²) in [7, 11) is 0. The number of unbranched alkanes of at least 4 members (excludes halogenated alkanes) is 8. The van der Waals surface area contributed by atoms with Crippen molar-refractivity contribution in [3.63, 3.8) is 0 Å². The molecule has 0 rings (SSSR count). The molecule has 0 fully saturated rings. The minimum absolute atomic E-state index is 0.892. The van der Waals surface area contributed by atoms with Gasteiger partial charge in [0, 0.05) is 5.75 Å². The average Bonchev–Trinajstić information content (AvgIpc) is 2.27. The number of allylic oxidation sites excluding steroid dienone is 1. The lowest BCUT2D eigenvalue weighted by atomic mass is 10.0. The Balaban J connectivity index is 3.07. The summed E-state index contributed by atoms with van der Waals surface area (Å²) in [6.45, 7) is 4.50. The van der Waals surface area contributed by atoms with E-state index in [-0.39, 0.29) is 0 Å². The molecule has 0 unspecified atom stereocenters. The van der Waals surface area contributed by atoms with Crippen molar-refractivity contribution in [1.29, 1.82) is 0 Å². The summed E-state index contributed by atoms with van der Waals surface area (Å²) in [6, 6.07) is 0. The van der Waals surface area contributed by atoms with Gasteiger partial charge in [0.15, 0.2) is 0 Å². The first-order valence-electron chi connectivity index (χ1n) is 7.07. The van der Waals surface area contributed by atoms with Crippen LogP contribution in [-0.2, 0) is 0 Å². The summed E-state index contributed by atoms with van der Waals surface area (Å²) in [4.78, 5) is 0. The summed E-state index contributed by atoms with van der Waals surface area (Å²) in [5.74, 6) is 0.892. The molecule has 0 aromatic carbocycles. The molecule has 0 heterocycles. The summed E-state index contributed by atoms with van der Waals surface area (Å²) in [5.41, 5.74) is 1.51. The molecular weight excluding hydrogens is 212 g/mol. The monoisotopic (exact) mass is 242 g/mol. The largest absolute Gasteiger partial charge is 0.175 e. The first-order valence-corrected chi connectivity index (χ1v) is 7.71. The lowest BCUT2D eigenvalue weighted by Gasteiger charge is -2.02. The van der Waals surface area contributed by atoms with Gasteiger partial charge in [-0.15, -0.1) is 0 Å². The second-order valence-corrected chi connectivity index (χ2v) is 5.18. The zero-order valence-electron chi connectivity index (χ0n) is 11.3. The lowest BCUT2D eigenvalue weighted by molar-refractivity contribution is 0.564. The SMILES string of the molecule is CCCCCCCCCCC/C(C)=C/CS. The molecule has 0 aliphatic carbocycles. The van der Waals surface area contributed by atoms with Crippen molar-refractivity contribution in [3.8, 4) is 0 Å². The fourth-order valence-corrected chi connectivity index (χ4v) is 2.28. The topological polar surface area (TPSA) is 0 Å². The molecule has 1 heteroatoms. The number of hydrogen-bond donors (Lipinski definition) is 1. The molecule has 0 aliphatic heterocycles. The van der Waals surface area contributed by atoms with Gasteiger partial charge in [-0.2, -0.15) is 12.6 Å². The molecule has 0 radical (unpaired) electrons. The quantitative estimate of drug-likeness (QED) is 0.265. The Hall–Kier alpha value is 0.0900. The average molecular weight is 242 g/mol. The van der Waals surface area contributed by atoms with Crippen molar-refractivity contribution in [2.45, 2.75) is 78.1 Å². The number of thiol groups is 1. The van der Waals surface area contributed by atoms with E-state index in [1.807, 2.05) is 0 Å². The predicted molar refractivity (Wildman–Crippen MR) is 79.5 cm³/mol. The smallest absolute Gasteiger partial charge is 0.00850 e. The van der Waals surface area contributed by atoms with Crippen LogP contribution in [0, 0.1) is 0 Å². The highest BCUT2D eigenvalue weighted by molar-refractivity contribution is 7.80. The number of rotatable bonds is 11. The van der Waals surface area contributed by atoms with Gasteiger partial charge in [-0.05, 0) is 19.8 Å². The van der Waals surface area contributed by atoms with Crippen molar-refractivity contribution in [1.82, 2.24) is 0 Å². The minimum Gasteiger partial charge on any atom is -0.175 e. The maximum absolute atomic E-state index is 4.20. The molecule has 0 aromatic rings. The van der Waals surface area contributed by atoms with E-state index in [0.717, 1.165) is 5.75 Å². The van der Waals surface area contributed by atoms with Crippen LogP contribution in [0.2, 0.25) is 0 Å². The van der Waals surface area contributed by atoms with E-state index in [9.17, 15) is 0 Å². The highest BCUT2D eigenvalue weighted by atomic mass is 32.1. The van der Waals surface area contributed by atoms with E-state index in [1.165, 1.54) is 69.8 Å². The Morgan fingerprint density at radius 1 is 0.875 bits per heavy atom. The zero-order chi connectivity index (χ0) is 12.1. The number of hydrogen-bond acceptors (Lipinski definition) is 1. The van der Waals surface area contributed by atoms with Crippen LogP contribution in [0.5, 0.6) is 0 Å². The molecule has 0 spiro atoms. The zero-order valence-corrected chi connectivity index (χ0v) is 12.2. The van der Waals surface area contributed by atoms with Crippen LogP contribution in [0.4, 0.5) is 0 Å². The van der Waals surface area contributed by atoms with Crippen LogP contribution in [0.25, 0.3) is 0 Å². The van der Waals surface area contributed by atoms with Crippen molar-refractivity contribution in [2.24, 2.45) is 0 Å². The van der Waals surface area contributed by atoms with Crippen LogP contribution < -0.4 is 0 Å². The van der Waals surface area contributed by atoms with Crippen LogP contribution in [0.3, 0.4) is 0 Å². The summed E-state index contributed by atoms with van der Waals surface area (Å²) < 4.78 is 0. The highest BCUT2D eigenvalue weighted by Gasteiger charge is 1.93.